The molecule has 0 radical (unpaired) electrons. The van der Waals surface area contributed by atoms with E-state index >= 15 is 0 Å². The van der Waals surface area contributed by atoms with Crippen LogP contribution in [0.4, 0.5) is 15.8 Å². The molecule has 10 heteroatoms. The van der Waals surface area contributed by atoms with Gasteiger partial charge < -0.3 is 9.73 Å². The van der Waals surface area contributed by atoms with Gasteiger partial charge in [-0.05, 0) is 36.4 Å². The second-order valence-electron chi connectivity index (χ2n) is 6.16. The highest BCUT2D eigenvalue weighted by Gasteiger charge is 2.20. The minimum absolute atomic E-state index is 0.0488. The third-order valence-electron chi connectivity index (χ3n) is 4.18. The number of benzene rings is 2. The van der Waals surface area contributed by atoms with Crippen molar-refractivity contribution in [3.8, 4) is 17.1 Å². The zero-order chi connectivity index (χ0) is 21.3. The van der Waals surface area contributed by atoms with Crippen LogP contribution in [-0.4, -0.2) is 20.6 Å². The first-order chi connectivity index (χ1) is 14.4. The van der Waals surface area contributed by atoms with Gasteiger partial charge >= 0.3 is 0 Å². The monoisotopic (exact) mass is 426 g/mol. The highest BCUT2D eigenvalue weighted by molar-refractivity contribution is 6.30. The van der Waals surface area contributed by atoms with E-state index in [4.69, 9.17) is 16.0 Å². The first-order valence-corrected chi connectivity index (χ1v) is 8.95. The highest BCUT2D eigenvalue weighted by atomic mass is 35.5. The van der Waals surface area contributed by atoms with Crippen LogP contribution in [0.2, 0.25) is 5.02 Å². The Labute approximate surface area is 173 Å². The van der Waals surface area contributed by atoms with Crippen molar-refractivity contribution in [2.75, 3.05) is 5.32 Å². The van der Waals surface area contributed by atoms with Crippen molar-refractivity contribution in [1.29, 1.82) is 0 Å². The quantitative estimate of drug-likeness (QED) is 0.354. The van der Waals surface area contributed by atoms with Crippen molar-refractivity contribution >= 4 is 28.9 Å². The van der Waals surface area contributed by atoms with Gasteiger partial charge in [0.1, 0.15) is 11.5 Å². The molecule has 0 saturated carbocycles. The second-order valence-corrected chi connectivity index (χ2v) is 6.60. The van der Waals surface area contributed by atoms with Crippen molar-refractivity contribution in [2.24, 2.45) is 0 Å². The topological polar surface area (TPSA) is 103 Å². The van der Waals surface area contributed by atoms with Crippen LogP contribution in [0.1, 0.15) is 10.5 Å². The average molecular weight is 427 g/mol. The summed E-state index contributed by atoms with van der Waals surface area (Å²) in [4.78, 5) is 22.9. The minimum Gasteiger partial charge on any atom is -0.463 e. The van der Waals surface area contributed by atoms with Gasteiger partial charge in [-0.2, -0.15) is 5.10 Å². The molecule has 0 unspecified atom stereocenters. The number of hydrogen-bond donors (Lipinski definition) is 1. The molecule has 0 bridgehead atoms. The molecule has 1 N–H and O–H groups in total. The minimum atomic E-state index is -0.811. The number of aromatic nitrogens is 2. The standard InChI is InChI=1S/C20H12ClFN4O4/c21-12-3-1-4-13(9-12)25-18(19-5-2-8-30-19)11-17(24-25)20(27)23-16-10-14(26(28)29)6-7-15(16)22/h1-11H,(H,23,27). The van der Waals surface area contributed by atoms with Crippen molar-refractivity contribution < 1.29 is 18.5 Å². The SMILES string of the molecule is O=C(Nc1cc([N+](=O)[O-])ccc1F)c1cc(-c2ccco2)n(-c2cccc(Cl)c2)n1. The first-order valence-electron chi connectivity index (χ1n) is 8.57. The summed E-state index contributed by atoms with van der Waals surface area (Å²) >= 11 is 6.07. The van der Waals surface area contributed by atoms with E-state index in [1.807, 2.05) is 0 Å². The molecule has 8 nitrogen and oxygen atoms in total. The van der Waals surface area contributed by atoms with E-state index in [9.17, 15) is 19.3 Å². The number of furan rings is 1. The molecular weight excluding hydrogens is 415 g/mol. The molecule has 2 aromatic heterocycles. The Morgan fingerprint density at radius 1 is 1.17 bits per heavy atom. The van der Waals surface area contributed by atoms with E-state index in [0.717, 1.165) is 18.2 Å². The maximum atomic E-state index is 14.0. The van der Waals surface area contributed by atoms with E-state index in [-0.39, 0.29) is 17.1 Å². The van der Waals surface area contributed by atoms with E-state index in [1.54, 1.807) is 36.4 Å². The van der Waals surface area contributed by atoms with E-state index < -0.39 is 16.6 Å². The van der Waals surface area contributed by atoms with Crippen molar-refractivity contribution in [1.82, 2.24) is 9.78 Å². The number of rotatable bonds is 5. The third kappa shape index (κ3) is 3.78. The predicted octanol–water partition coefficient (Wildman–Crippen LogP) is 5.09. The molecule has 0 aliphatic carbocycles. The molecule has 30 heavy (non-hydrogen) atoms. The lowest BCUT2D eigenvalue weighted by atomic mass is 10.2. The lowest BCUT2D eigenvalue weighted by Gasteiger charge is -2.06. The lowest BCUT2D eigenvalue weighted by Crippen LogP contribution is -2.14. The maximum Gasteiger partial charge on any atom is 0.276 e. The Bertz CT molecular complexity index is 1250. The summed E-state index contributed by atoms with van der Waals surface area (Å²) in [5.41, 5.74) is 0.312. The molecule has 0 aliphatic heterocycles. The number of carbonyl (C=O) groups excluding carboxylic acids is 1. The summed E-state index contributed by atoms with van der Waals surface area (Å²) in [5, 5.41) is 18.0. The first kappa shape index (κ1) is 19.3. The van der Waals surface area contributed by atoms with Crippen LogP contribution in [0.15, 0.2) is 71.3 Å². The predicted molar refractivity (Wildman–Crippen MR) is 107 cm³/mol. The van der Waals surface area contributed by atoms with Crippen molar-refractivity contribution in [2.45, 2.75) is 0 Å². The van der Waals surface area contributed by atoms with Crippen LogP contribution in [0.3, 0.4) is 0 Å². The number of nitro groups is 1. The lowest BCUT2D eigenvalue weighted by molar-refractivity contribution is -0.384. The molecule has 4 aromatic rings. The Morgan fingerprint density at radius 2 is 2.00 bits per heavy atom. The number of carbonyl (C=O) groups is 1. The highest BCUT2D eigenvalue weighted by Crippen LogP contribution is 2.27. The Morgan fingerprint density at radius 3 is 2.70 bits per heavy atom. The second kappa shape index (κ2) is 7.80. The molecule has 0 spiro atoms. The Balaban J connectivity index is 1.73. The van der Waals surface area contributed by atoms with Crippen LogP contribution in [0.25, 0.3) is 17.1 Å². The normalized spacial score (nSPS) is 10.7. The zero-order valence-electron chi connectivity index (χ0n) is 15.1. The van der Waals surface area contributed by atoms with Gasteiger partial charge in [-0.1, -0.05) is 17.7 Å². The number of anilines is 1. The van der Waals surface area contributed by atoms with Crippen molar-refractivity contribution in [3.05, 3.63) is 93.6 Å². The summed E-state index contributed by atoms with van der Waals surface area (Å²) in [6.45, 7) is 0. The molecule has 4 rings (SSSR count). The third-order valence-corrected chi connectivity index (χ3v) is 4.41. The summed E-state index contributed by atoms with van der Waals surface area (Å²) in [7, 11) is 0. The molecule has 2 aromatic carbocycles. The largest absolute Gasteiger partial charge is 0.463 e. The zero-order valence-corrected chi connectivity index (χ0v) is 15.8. The molecule has 0 saturated heterocycles. The van der Waals surface area contributed by atoms with E-state index in [0.29, 0.717) is 22.2 Å². The Kier molecular flexibility index (Phi) is 5.03. The molecule has 150 valence electrons. The van der Waals surface area contributed by atoms with Gasteiger partial charge in [-0.15, -0.1) is 0 Å². The van der Waals surface area contributed by atoms with Crippen LogP contribution in [-0.2, 0) is 0 Å². The fourth-order valence-corrected chi connectivity index (χ4v) is 2.99. The fourth-order valence-electron chi connectivity index (χ4n) is 2.81. The summed E-state index contributed by atoms with van der Waals surface area (Å²) < 4.78 is 20.9. The summed E-state index contributed by atoms with van der Waals surface area (Å²) in [5.74, 6) is -1.11. The summed E-state index contributed by atoms with van der Waals surface area (Å²) in [6, 6.07) is 14.5. The van der Waals surface area contributed by atoms with Gasteiger partial charge in [-0.3, -0.25) is 14.9 Å². The number of nitrogens with one attached hydrogen (secondary N) is 1. The fraction of sp³-hybridized carbons (Fsp3) is 0. The van der Waals surface area contributed by atoms with Gasteiger partial charge in [0.25, 0.3) is 11.6 Å². The molecular formula is C20H12ClFN4O4. The Hall–Kier alpha value is -3.98. The van der Waals surface area contributed by atoms with Crippen LogP contribution < -0.4 is 5.32 Å². The molecule has 0 atom stereocenters. The number of halogens is 2. The van der Waals surface area contributed by atoms with Crippen LogP contribution in [0.5, 0.6) is 0 Å². The van der Waals surface area contributed by atoms with Gasteiger partial charge in [0, 0.05) is 23.2 Å². The van der Waals surface area contributed by atoms with Gasteiger partial charge in [0.2, 0.25) is 0 Å². The molecule has 0 aliphatic rings. The smallest absolute Gasteiger partial charge is 0.276 e. The maximum absolute atomic E-state index is 14.0. The number of non-ortho nitro benzene ring substituents is 1. The van der Waals surface area contributed by atoms with Gasteiger partial charge in [0.15, 0.2) is 11.5 Å². The van der Waals surface area contributed by atoms with E-state index in [2.05, 4.69) is 10.4 Å². The summed E-state index contributed by atoms with van der Waals surface area (Å²) in [6.07, 6.45) is 1.48. The van der Waals surface area contributed by atoms with Crippen LogP contribution in [0, 0.1) is 15.9 Å². The number of hydrogen-bond acceptors (Lipinski definition) is 5. The van der Waals surface area contributed by atoms with Gasteiger partial charge in [0.05, 0.1) is 22.6 Å². The number of amides is 1. The van der Waals surface area contributed by atoms with Crippen LogP contribution >= 0.6 is 11.6 Å². The number of nitro benzene ring substituents is 1. The van der Waals surface area contributed by atoms with Crippen molar-refractivity contribution in [3.63, 3.8) is 0 Å². The molecule has 0 fully saturated rings. The number of nitrogens with zero attached hydrogens (tertiary/aromatic N) is 3. The van der Waals surface area contributed by atoms with Gasteiger partial charge in [-0.25, -0.2) is 9.07 Å². The molecule has 2 heterocycles. The average Bonchev–Trinajstić information content (AvgIpc) is 3.39. The molecule has 1 amide bonds. The van der Waals surface area contributed by atoms with E-state index in [1.165, 1.54) is 17.0 Å².